The van der Waals surface area contributed by atoms with Gasteiger partial charge in [0.1, 0.15) is 11.6 Å². The summed E-state index contributed by atoms with van der Waals surface area (Å²) in [7, 11) is -2.36. The summed E-state index contributed by atoms with van der Waals surface area (Å²) < 4.78 is 38.5. The number of aromatic nitrogens is 2. The zero-order valence-corrected chi connectivity index (χ0v) is 22.5. The first kappa shape index (κ1) is 29.9. The van der Waals surface area contributed by atoms with Gasteiger partial charge in [-0.15, -0.1) is 0 Å². The summed E-state index contributed by atoms with van der Waals surface area (Å²) >= 11 is 0. The van der Waals surface area contributed by atoms with E-state index >= 15 is 0 Å². The smallest absolute Gasteiger partial charge is 0.550 e. The molecular formula is C22H25FN3NaO6S. The van der Waals surface area contributed by atoms with Crippen molar-refractivity contribution >= 4 is 33.8 Å². The van der Waals surface area contributed by atoms with Gasteiger partial charge in [-0.2, -0.15) is 0 Å². The number of sulfonamides is 1. The third kappa shape index (κ3) is 8.24. The Bertz CT molecular complexity index is 1170. The summed E-state index contributed by atoms with van der Waals surface area (Å²) in [6, 6.07) is 5.41. The Morgan fingerprint density at radius 2 is 1.79 bits per heavy atom. The van der Waals surface area contributed by atoms with Crippen molar-refractivity contribution in [3.63, 3.8) is 0 Å². The van der Waals surface area contributed by atoms with E-state index in [2.05, 4.69) is 9.97 Å². The summed E-state index contributed by atoms with van der Waals surface area (Å²) in [6.07, 6.45) is 1.27. The van der Waals surface area contributed by atoms with E-state index in [0.29, 0.717) is 22.5 Å². The van der Waals surface area contributed by atoms with E-state index in [4.69, 9.17) is 0 Å². The Labute approximate surface area is 220 Å². The molecule has 34 heavy (non-hydrogen) atoms. The molecule has 1 aromatic heterocycles. The van der Waals surface area contributed by atoms with Gasteiger partial charge in [0.25, 0.3) is 0 Å². The number of halogens is 1. The number of carbonyl (C=O) groups is 2. The zero-order valence-electron chi connectivity index (χ0n) is 19.6. The molecule has 1 atom stereocenters. The van der Waals surface area contributed by atoms with Gasteiger partial charge in [-0.1, -0.05) is 26.0 Å². The summed E-state index contributed by atoms with van der Waals surface area (Å²) in [5.41, 5.74) is 1.67. The van der Waals surface area contributed by atoms with Gasteiger partial charge < -0.3 is 15.0 Å². The number of anilines is 1. The van der Waals surface area contributed by atoms with E-state index in [1.807, 2.05) is 13.8 Å². The topological polar surface area (TPSA) is 141 Å². The van der Waals surface area contributed by atoms with Crippen LogP contribution in [0.2, 0.25) is 0 Å². The van der Waals surface area contributed by atoms with Gasteiger partial charge in [0.2, 0.25) is 16.0 Å². The van der Waals surface area contributed by atoms with Crippen LogP contribution in [0.25, 0.3) is 17.3 Å². The minimum atomic E-state index is -3.67. The number of aliphatic hydroxyl groups is 1. The van der Waals surface area contributed by atoms with Crippen molar-refractivity contribution in [3.05, 3.63) is 47.4 Å². The molecule has 0 amide bonds. The quantitative estimate of drug-likeness (QED) is 0.300. The predicted molar refractivity (Wildman–Crippen MR) is 119 cm³/mol. The first-order chi connectivity index (χ1) is 15.3. The van der Waals surface area contributed by atoms with Crippen LogP contribution in [0.15, 0.2) is 30.3 Å². The second-order valence-corrected chi connectivity index (χ2v) is 9.80. The molecule has 178 valence electrons. The number of ketones is 1. The van der Waals surface area contributed by atoms with E-state index in [-0.39, 0.29) is 41.4 Å². The zero-order chi connectivity index (χ0) is 24.9. The molecule has 0 saturated heterocycles. The van der Waals surface area contributed by atoms with Crippen LogP contribution < -0.4 is 39.0 Å². The number of aliphatic hydroxyl groups excluding tert-OH is 1. The summed E-state index contributed by atoms with van der Waals surface area (Å²) in [5, 5.41) is 20.7. The molecule has 12 heteroatoms. The van der Waals surface area contributed by atoms with Crippen molar-refractivity contribution in [2.45, 2.75) is 38.7 Å². The standard InChI is InChI=1S/C22H26FN3O6S.Na/c1-13(2)20-18(10-9-16(27)11-17(28)12-19(29)30)21(14-5-7-15(23)8-6-14)25-22(24-20)26(3)33(4,31)32;/h5-10,13,16,27H,11-12H2,1-4H3,(H,29,30);/q;+1/p-1. The van der Waals surface area contributed by atoms with Gasteiger partial charge in [-0.25, -0.2) is 27.1 Å². The molecule has 0 aliphatic heterocycles. The fraction of sp³-hybridized carbons (Fsp3) is 0.364. The predicted octanol–water partition coefficient (Wildman–Crippen LogP) is -1.72. The second-order valence-electron chi connectivity index (χ2n) is 7.78. The molecule has 2 rings (SSSR count). The molecule has 0 spiro atoms. The molecule has 0 fully saturated rings. The van der Waals surface area contributed by atoms with Crippen LogP contribution >= 0.6 is 0 Å². The number of Topliss-reactive ketones (excluding diaryl/α,β-unsaturated/α-hetero) is 1. The first-order valence-corrected chi connectivity index (χ1v) is 11.8. The Hall–Kier alpha value is -2.18. The fourth-order valence-corrected chi connectivity index (χ4v) is 3.32. The Kier molecular flexibility index (Phi) is 11.0. The largest absolute Gasteiger partial charge is 1.00 e. The van der Waals surface area contributed by atoms with Crippen molar-refractivity contribution in [3.8, 4) is 11.3 Å². The third-order valence-corrected chi connectivity index (χ3v) is 5.83. The van der Waals surface area contributed by atoms with Crippen LogP contribution in [0.3, 0.4) is 0 Å². The maximum atomic E-state index is 13.5. The van der Waals surface area contributed by atoms with Gasteiger partial charge in [0.05, 0.1) is 23.7 Å². The van der Waals surface area contributed by atoms with Crippen LogP contribution in [0.4, 0.5) is 10.3 Å². The van der Waals surface area contributed by atoms with Crippen molar-refractivity contribution in [2.75, 3.05) is 17.6 Å². The molecule has 0 bridgehead atoms. The van der Waals surface area contributed by atoms with Crippen molar-refractivity contribution < 1.29 is 62.2 Å². The fourth-order valence-electron chi connectivity index (χ4n) is 2.94. The number of carboxylic acid groups (broad SMARTS) is 1. The summed E-state index contributed by atoms with van der Waals surface area (Å²) in [6.45, 7) is 3.66. The van der Waals surface area contributed by atoms with Crippen molar-refractivity contribution in [1.29, 1.82) is 0 Å². The Morgan fingerprint density at radius 1 is 1.21 bits per heavy atom. The molecule has 1 heterocycles. The number of rotatable bonds is 10. The molecule has 1 unspecified atom stereocenters. The van der Waals surface area contributed by atoms with E-state index in [1.54, 1.807) is 0 Å². The number of nitrogens with zero attached hydrogens (tertiary/aromatic N) is 3. The van der Waals surface area contributed by atoms with Gasteiger partial charge >= 0.3 is 29.6 Å². The minimum Gasteiger partial charge on any atom is -0.550 e. The van der Waals surface area contributed by atoms with Gasteiger partial charge in [0, 0.05) is 37.0 Å². The first-order valence-electron chi connectivity index (χ1n) is 9.99. The van der Waals surface area contributed by atoms with E-state index in [9.17, 15) is 32.6 Å². The van der Waals surface area contributed by atoms with Gasteiger partial charge in [0.15, 0.2) is 0 Å². The van der Waals surface area contributed by atoms with Crippen LogP contribution in [-0.4, -0.2) is 54.7 Å². The van der Waals surface area contributed by atoms with Crippen LogP contribution in [0.1, 0.15) is 43.9 Å². The Morgan fingerprint density at radius 3 is 2.29 bits per heavy atom. The van der Waals surface area contributed by atoms with Gasteiger partial charge in [-0.05, 0) is 30.2 Å². The number of carbonyl (C=O) groups excluding carboxylic acids is 2. The number of benzene rings is 1. The molecule has 1 aromatic carbocycles. The summed E-state index contributed by atoms with van der Waals surface area (Å²) in [5.74, 6) is -2.98. The SMILES string of the molecule is CC(C)c1nc(N(C)S(C)(=O)=O)nc(-c2ccc(F)cc2)c1C=CC(O)CC(=O)CC(=O)[O-].[Na+]. The van der Waals surface area contributed by atoms with Crippen molar-refractivity contribution in [2.24, 2.45) is 0 Å². The van der Waals surface area contributed by atoms with Crippen LogP contribution in [0.5, 0.6) is 0 Å². The average Bonchev–Trinajstić information content (AvgIpc) is 2.70. The summed E-state index contributed by atoms with van der Waals surface area (Å²) in [4.78, 5) is 31.0. The molecular weight excluding hydrogens is 476 g/mol. The molecule has 0 radical (unpaired) electrons. The average molecular weight is 502 g/mol. The molecule has 2 aromatic rings. The van der Waals surface area contributed by atoms with Crippen molar-refractivity contribution in [1.82, 2.24) is 9.97 Å². The minimum absolute atomic E-state index is 0. The maximum Gasteiger partial charge on any atom is 1.00 e. The molecule has 0 aliphatic rings. The maximum absolute atomic E-state index is 13.5. The normalized spacial score (nSPS) is 12.4. The molecule has 1 N–H and O–H groups in total. The number of carboxylic acids is 1. The Balaban J connectivity index is 0.00000578. The number of hydrogen-bond donors (Lipinski definition) is 1. The van der Waals surface area contributed by atoms with Gasteiger partial charge in [-0.3, -0.25) is 4.79 Å². The van der Waals surface area contributed by atoms with E-state index in [1.165, 1.54) is 43.5 Å². The monoisotopic (exact) mass is 501 g/mol. The van der Waals surface area contributed by atoms with E-state index in [0.717, 1.165) is 10.6 Å². The number of aliphatic carboxylic acids is 1. The molecule has 0 aliphatic carbocycles. The number of hydrogen-bond acceptors (Lipinski definition) is 8. The third-order valence-electron chi connectivity index (χ3n) is 4.67. The second kappa shape index (κ2) is 12.5. The molecule has 0 saturated carbocycles. The van der Waals surface area contributed by atoms with E-state index < -0.39 is 46.5 Å². The van der Waals surface area contributed by atoms with Crippen LogP contribution in [0, 0.1) is 5.82 Å². The molecule has 9 nitrogen and oxygen atoms in total. The van der Waals surface area contributed by atoms with Crippen LogP contribution in [-0.2, 0) is 19.6 Å².